The summed E-state index contributed by atoms with van der Waals surface area (Å²) in [5.41, 5.74) is 8.86. The molecule has 0 atom stereocenters. The number of aromatic nitrogens is 4. The van der Waals surface area contributed by atoms with Gasteiger partial charge in [-0.25, -0.2) is 0 Å². The zero-order chi connectivity index (χ0) is 35.5. The number of pyridine rings is 4. The predicted molar refractivity (Wildman–Crippen MR) is 208 cm³/mol. The molecule has 50 heavy (non-hydrogen) atoms. The van der Waals surface area contributed by atoms with Crippen molar-refractivity contribution < 1.29 is 21.1 Å². The van der Waals surface area contributed by atoms with Crippen molar-refractivity contribution in [2.75, 3.05) is 0 Å². The van der Waals surface area contributed by atoms with Gasteiger partial charge in [0.1, 0.15) is 0 Å². The van der Waals surface area contributed by atoms with Crippen LogP contribution in [0, 0.1) is 5.41 Å². The van der Waals surface area contributed by atoms with E-state index in [9.17, 15) is 0 Å². The quantitative estimate of drug-likeness (QED) is 0.177. The van der Waals surface area contributed by atoms with Gasteiger partial charge in [-0.15, -0.1) is 11.3 Å². The van der Waals surface area contributed by atoms with Crippen molar-refractivity contribution >= 4 is 37.3 Å². The van der Waals surface area contributed by atoms with Gasteiger partial charge >= 0.3 is 0 Å². The molecule has 0 saturated carbocycles. The second kappa shape index (κ2) is 13.6. The molecule has 1 aromatic carbocycles. The van der Waals surface area contributed by atoms with Gasteiger partial charge < -0.3 is 9.98 Å². The Kier molecular flexibility index (Phi) is 10.3. The van der Waals surface area contributed by atoms with Crippen LogP contribution in [-0.4, -0.2) is 15.0 Å². The smallest absolute Gasteiger partial charge is 0.0892 e. The maximum atomic E-state index is 5.16. The minimum atomic E-state index is -0.124. The van der Waals surface area contributed by atoms with E-state index in [2.05, 4.69) is 144 Å². The van der Waals surface area contributed by atoms with Gasteiger partial charge in [-0.2, -0.15) is 0 Å². The molecule has 0 aliphatic rings. The average Bonchev–Trinajstić information content (AvgIpc) is 3.36. The second-order valence-electron chi connectivity index (χ2n) is 17.7. The van der Waals surface area contributed by atoms with E-state index in [1.165, 1.54) is 26.6 Å². The number of benzene rings is 1. The molecule has 7 heteroatoms. The molecule has 6 aromatic rings. The third kappa shape index (κ3) is 8.35. The molecule has 5 nitrogen and oxygen atoms in total. The minimum Gasteiger partial charge on any atom is -0.434 e. The fourth-order valence-corrected chi connectivity index (χ4v) is 7.33. The SMILES string of the molecule is CC(C)(C)Cc1ccc2c(c1)sc1c(-c3cc(C(C)(C)C)c/c(=N/c4cc(C(C)(C)C)cc(-c5cc(C(C)(C)C)ccn5)n4)[n-]3)nccc12.[Pt]. The first-order chi connectivity index (χ1) is 22.7. The first-order valence-electron chi connectivity index (χ1n) is 17.3. The number of nitrogens with zero attached hydrogens (tertiary/aromatic N) is 5. The summed E-state index contributed by atoms with van der Waals surface area (Å²) in [5.74, 6) is 0.620. The van der Waals surface area contributed by atoms with E-state index < -0.39 is 0 Å². The van der Waals surface area contributed by atoms with Crippen LogP contribution in [0.4, 0.5) is 5.82 Å². The molecular formula is C43H50N5PtS-. The first-order valence-corrected chi connectivity index (χ1v) is 18.1. The monoisotopic (exact) mass is 863 g/mol. The molecule has 0 saturated heterocycles. The summed E-state index contributed by atoms with van der Waals surface area (Å²) < 4.78 is 2.43. The normalized spacial score (nSPS) is 13.2. The fraction of sp³-hybridized carbons (Fsp3) is 0.395. The van der Waals surface area contributed by atoms with Gasteiger partial charge in [0.25, 0.3) is 0 Å². The van der Waals surface area contributed by atoms with E-state index in [4.69, 9.17) is 24.9 Å². The third-order valence-electron chi connectivity index (χ3n) is 8.90. The van der Waals surface area contributed by atoms with E-state index in [0.29, 0.717) is 11.3 Å². The minimum absolute atomic E-state index is 0. The van der Waals surface area contributed by atoms with Gasteiger partial charge in [-0.05, 0) is 92.4 Å². The Hall–Kier alpha value is -3.47. The van der Waals surface area contributed by atoms with Gasteiger partial charge in [0.15, 0.2) is 0 Å². The van der Waals surface area contributed by atoms with Crippen LogP contribution in [0.2, 0.25) is 0 Å². The molecule has 0 fully saturated rings. The van der Waals surface area contributed by atoms with Crippen molar-refractivity contribution in [3.05, 3.63) is 101 Å². The largest absolute Gasteiger partial charge is 0.434 e. The molecular weight excluding hydrogens is 814 g/mol. The molecule has 6 rings (SSSR count). The Morgan fingerprint density at radius 3 is 1.94 bits per heavy atom. The number of hydrogen-bond donors (Lipinski definition) is 0. The van der Waals surface area contributed by atoms with E-state index in [1.807, 2.05) is 12.4 Å². The zero-order valence-electron chi connectivity index (χ0n) is 31.6. The maximum absolute atomic E-state index is 5.16. The fourth-order valence-electron chi connectivity index (χ4n) is 6.07. The Bertz CT molecular complexity index is 2250. The molecule has 264 valence electrons. The topological polar surface area (TPSA) is 65.1 Å². The molecule has 0 amide bonds. The van der Waals surface area contributed by atoms with Crippen LogP contribution in [0.15, 0.2) is 78.0 Å². The molecule has 0 aliphatic heterocycles. The van der Waals surface area contributed by atoms with Crippen LogP contribution in [0.25, 0.3) is 42.9 Å². The Morgan fingerprint density at radius 1 is 0.640 bits per heavy atom. The van der Waals surface area contributed by atoms with Crippen molar-refractivity contribution in [3.8, 4) is 22.8 Å². The Morgan fingerprint density at radius 2 is 1.28 bits per heavy atom. The molecule has 0 radical (unpaired) electrons. The maximum Gasteiger partial charge on any atom is 0.0892 e. The molecule has 5 aromatic heterocycles. The Balaban J connectivity index is 0.00000486. The van der Waals surface area contributed by atoms with E-state index in [1.54, 1.807) is 11.3 Å². The zero-order valence-corrected chi connectivity index (χ0v) is 34.7. The van der Waals surface area contributed by atoms with Crippen molar-refractivity contribution in [1.29, 1.82) is 0 Å². The number of rotatable bonds is 4. The van der Waals surface area contributed by atoms with Gasteiger partial charge in [0.05, 0.1) is 27.6 Å². The summed E-state index contributed by atoms with van der Waals surface area (Å²) in [6.45, 7) is 26.9. The van der Waals surface area contributed by atoms with Crippen LogP contribution in [0.3, 0.4) is 0 Å². The van der Waals surface area contributed by atoms with Crippen LogP contribution in [0.1, 0.15) is 105 Å². The molecule has 0 bridgehead atoms. The van der Waals surface area contributed by atoms with Crippen molar-refractivity contribution in [2.45, 2.75) is 106 Å². The van der Waals surface area contributed by atoms with Crippen LogP contribution in [-0.2, 0) is 43.7 Å². The van der Waals surface area contributed by atoms with Crippen molar-refractivity contribution in [2.24, 2.45) is 10.4 Å². The molecule has 0 aliphatic carbocycles. The van der Waals surface area contributed by atoms with Gasteiger partial charge in [-0.3, -0.25) is 15.0 Å². The van der Waals surface area contributed by atoms with Crippen LogP contribution in [0.5, 0.6) is 0 Å². The van der Waals surface area contributed by atoms with Gasteiger partial charge in [0, 0.05) is 48.9 Å². The number of thiophene rings is 1. The average molecular weight is 864 g/mol. The molecule has 5 heterocycles. The first kappa shape index (κ1) is 37.8. The van der Waals surface area contributed by atoms with E-state index >= 15 is 0 Å². The summed E-state index contributed by atoms with van der Waals surface area (Å²) >= 11 is 1.80. The van der Waals surface area contributed by atoms with Crippen molar-refractivity contribution in [3.63, 3.8) is 0 Å². The van der Waals surface area contributed by atoms with E-state index in [-0.39, 0.29) is 42.7 Å². The summed E-state index contributed by atoms with van der Waals surface area (Å²) in [7, 11) is 0. The molecule has 0 unspecified atom stereocenters. The van der Waals surface area contributed by atoms with Crippen molar-refractivity contribution in [1.82, 2.24) is 19.9 Å². The second-order valence-corrected chi connectivity index (χ2v) is 18.7. The summed E-state index contributed by atoms with van der Waals surface area (Å²) in [6, 6.07) is 21.8. The molecule has 0 spiro atoms. The van der Waals surface area contributed by atoms with Crippen LogP contribution >= 0.6 is 11.3 Å². The van der Waals surface area contributed by atoms with Gasteiger partial charge in [-0.1, -0.05) is 113 Å². The number of fused-ring (bicyclic) bond motifs is 3. The predicted octanol–water partition coefficient (Wildman–Crippen LogP) is 11.2. The third-order valence-corrected chi connectivity index (χ3v) is 10.1. The molecule has 0 N–H and O–H groups in total. The summed E-state index contributed by atoms with van der Waals surface area (Å²) in [4.78, 5) is 25.0. The van der Waals surface area contributed by atoms with E-state index in [0.717, 1.165) is 45.0 Å². The van der Waals surface area contributed by atoms with Crippen LogP contribution < -0.4 is 10.5 Å². The summed E-state index contributed by atoms with van der Waals surface area (Å²) in [5, 5.41) is 2.47. The number of hydrogen-bond acceptors (Lipinski definition) is 5. The summed E-state index contributed by atoms with van der Waals surface area (Å²) in [6.07, 6.45) is 4.83. The van der Waals surface area contributed by atoms with Gasteiger partial charge in [0.2, 0.25) is 0 Å². The Labute approximate surface area is 316 Å². The standard InChI is InChI=1S/C43H50N5S.Pt/c1-40(2,3)25-26-13-14-30-31-16-18-45-38(39(31)49-35(30)19-26)34-22-29(43(10,11)12)24-37(47-34)48-36-23-28(42(7,8)9)21-33(46-36)32-20-27(15-17-44-32)41(4,5)6;/h13-24H,25H2,1-12H3;/q-1;.